The third-order valence-corrected chi connectivity index (χ3v) is 4.83. The standard InChI is InChI=1S/C21H35N7.HI/c1-6-20-26-25-16-28(20)13-12-23-21(22-7-2)24-14-18-10-8-9-11-19(18)15-27(5)17(3)4;/h8-11,16-17H,6-7,12-15H2,1-5H3,(H2,22,23,24);1H. The summed E-state index contributed by atoms with van der Waals surface area (Å²) < 4.78 is 2.08. The van der Waals surface area contributed by atoms with Gasteiger partial charge in [0, 0.05) is 38.6 Å². The second kappa shape index (κ2) is 13.5. The summed E-state index contributed by atoms with van der Waals surface area (Å²) in [4.78, 5) is 7.14. The fourth-order valence-corrected chi connectivity index (χ4v) is 2.86. The molecule has 8 heteroatoms. The summed E-state index contributed by atoms with van der Waals surface area (Å²) in [6, 6.07) is 9.07. The Bertz CT molecular complexity index is 742. The van der Waals surface area contributed by atoms with Crippen molar-refractivity contribution in [3.63, 3.8) is 0 Å². The average molecular weight is 513 g/mol. The minimum atomic E-state index is 0. The van der Waals surface area contributed by atoms with Crippen LogP contribution in [0.25, 0.3) is 0 Å². The molecule has 0 amide bonds. The summed E-state index contributed by atoms with van der Waals surface area (Å²) in [6.45, 7) is 12.6. The fraction of sp³-hybridized carbons (Fsp3) is 0.571. The maximum Gasteiger partial charge on any atom is 0.191 e. The normalized spacial score (nSPS) is 11.6. The van der Waals surface area contributed by atoms with Gasteiger partial charge in [0.15, 0.2) is 5.96 Å². The van der Waals surface area contributed by atoms with E-state index >= 15 is 0 Å². The molecule has 162 valence electrons. The van der Waals surface area contributed by atoms with Crippen molar-refractivity contribution >= 4 is 29.9 Å². The Morgan fingerprint density at radius 2 is 1.90 bits per heavy atom. The third kappa shape index (κ3) is 8.30. The summed E-state index contributed by atoms with van der Waals surface area (Å²) in [5.41, 5.74) is 2.59. The number of benzene rings is 1. The van der Waals surface area contributed by atoms with E-state index in [-0.39, 0.29) is 24.0 Å². The number of nitrogens with zero attached hydrogens (tertiary/aromatic N) is 5. The van der Waals surface area contributed by atoms with Crippen LogP contribution in [0.3, 0.4) is 0 Å². The summed E-state index contributed by atoms with van der Waals surface area (Å²) >= 11 is 0. The minimum Gasteiger partial charge on any atom is -0.357 e. The van der Waals surface area contributed by atoms with Crippen LogP contribution < -0.4 is 10.6 Å². The molecule has 0 aliphatic carbocycles. The van der Waals surface area contributed by atoms with Crippen LogP contribution in [0, 0.1) is 0 Å². The van der Waals surface area contributed by atoms with Crippen LogP contribution in [0.4, 0.5) is 0 Å². The van der Waals surface area contributed by atoms with Gasteiger partial charge < -0.3 is 15.2 Å². The van der Waals surface area contributed by atoms with Crippen molar-refractivity contribution in [2.75, 3.05) is 20.1 Å². The van der Waals surface area contributed by atoms with Gasteiger partial charge in [0.05, 0.1) is 6.54 Å². The van der Waals surface area contributed by atoms with E-state index in [1.165, 1.54) is 11.1 Å². The number of aryl methyl sites for hydroxylation is 1. The summed E-state index contributed by atoms with van der Waals surface area (Å²) in [7, 11) is 2.16. The first-order valence-corrected chi connectivity index (χ1v) is 10.2. The number of hydrogen-bond donors (Lipinski definition) is 2. The lowest BCUT2D eigenvalue weighted by Crippen LogP contribution is -2.39. The second-order valence-electron chi connectivity index (χ2n) is 7.19. The number of hydrogen-bond acceptors (Lipinski definition) is 4. The summed E-state index contributed by atoms with van der Waals surface area (Å²) in [5, 5.41) is 14.8. The largest absolute Gasteiger partial charge is 0.357 e. The summed E-state index contributed by atoms with van der Waals surface area (Å²) in [6.07, 6.45) is 2.67. The van der Waals surface area contributed by atoms with Gasteiger partial charge in [0.2, 0.25) is 0 Å². The van der Waals surface area contributed by atoms with Gasteiger partial charge in [-0.05, 0) is 38.9 Å². The Morgan fingerprint density at radius 3 is 2.55 bits per heavy atom. The molecule has 0 unspecified atom stereocenters. The van der Waals surface area contributed by atoms with E-state index in [2.05, 4.69) is 89.3 Å². The molecular formula is C21H36IN7. The van der Waals surface area contributed by atoms with Gasteiger partial charge in [-0.15, -0.1) is 34.2 Å². The molecule has 0 bridgehead atoms. The van der Waals surface area contributed by atoms with E-state index < -0.39 is 0 Å². The van der Waals surface area contributed by atoms with Crippen LogP contribution in [0.5, 0.6) is 0 Å². The van der Waals surface area contributed by atoms with E-state index in [0.717, 1.165) is 44.4 Å². The average Bonchev–Trinajstić information content (AvgIpc) is 3.14. The topological polar surface area (TPSA) is 70.4 Å². The molecule has 2 aromatic rings. The first-order chi connectivity index (χ1) is 13.5. The first kappa shape index (κ1) is 25.4. The van der Waals surface area contributed by atoms with Crippen molar-refractivity contribution in [3.05, 3.63) is 47.5 Å². The van der Waals surface area contributed by atoms with E-state index in [4.69, 9.17) is 4.99 Å². The number of rotatable bonds is 10. The zero-order chi connectivity index (χ0) is 20.4. The SMILES string of the molecule is CCNC(=NCc1ccccc1CN(C)C(C)C)NCCn1cnnc1CC.I. The first-order valence-electron chi connectivity index (χ1n) is 10.2. The van der Waals surface area contributed by atoms with Crippen molar-refractivity contribution in [1.82, 2.24) is 30.3 Å². The van der Waals surface area contributed by atoms with Crippen molar-refractivity contribution in [1.29, 1.82) is 0 Å². The number of aliphatic imine (C=N–C) groups is 1. The van der Waals surface area contributed by atoms with Crippen molar-refractivity contribution in [2.45, 2.75) is 59.8 Å². The molecule has 0 aliphatic heterocycles. The molecule has 0 saturated carbocycles. The second-order valence-corrected chi connectivity index (χ2v) is 7.19. The molecule has 29 heavy (non-hydrogen) atoms. The van der Waals surface area contributed by atoms with Crippen LogP contribution in [0.1, 0.15) is 44.6 Å². The Balaban J connectivity index is 0.00000420. The monoisotopic (exact) mass is 513 g/mol. The van der Waals surface area contributed by atoms with Gasteiger partial charge in [0.25, 0.3) is 0 Å². The molecule has 0 fully saturated rings. The Hall–Kier alpha value is -1.68. The quantitative estimate of drug-likeness (QED) is 0.291. The smallest absolute Gasteiger partial charge is 0.191 e. The molecule has 2 N–H and O–H groups in total. The Labute approximate surface area is 192 Å². The summed E-state index contributed by atoms with van der Waals surface area (Å²) in [5.74, 6) is 1.84. The lowest BCUT2D eigenvalue weighted by molar-refractivity contribution is 0.265. The zero-order valence-corrected chi connectivity index (χ0v) is 20.7. The predicted octanol–water partition coefficient (Wildman–Crippen LogP) is 3.05. The highest BCUT2D eigenvalue weighted by Crippen LogP contribution is 2.13. The highest BCUT2D eigenvalue weighted by Gasteiger charge is 2.08. The maximum atomic E-state index is 4.79. The highest BCUT2D eigenvalue weighted by atomic mass is 127. The molecule has 0 spiro atoms. The lowest BCUT2D eigenvalue weighted by atomic mass is 10.1. The molecule has 1 aromatic carbocycles. The van der Waals surface area contributed by atoms with E-state index in [1.807, 2.05) is 0 Å². The zero-order valence-electron chi connectivity index (χ0n) is 18.4. The van der Waals surface area contributed by atoms with Gasteiger partial charge in [0.1, 0.15) is 12.2 Å². The molecular weight excluding hydrogens is 477 g/mol. The van der Waals surface area contributed by atoms with Gasteiger partial charge >= 0.3 is 0 Å². The van der Waals surface area contributed by atoms with Crippen LogP contribution >= 0.6 is 24.0 Å². The van der Waals surface area contributed by atoms with Crippen LogP contribution in [0.2, 0.25) is 0 Å². The van der Waals surface area contributed by atoms with E-state index in [9.17, 15) is 0 Å². The van der Waals surface area contributed by atoms with Gasteiger partial charge in [-0.2, -0.15) is 0 Å². The minimum absolute atomic E-state index is 0. The predicted molar refractivity (Wildman–Crippen MR) is 131 cm³/mol. The number of halogens is 1. The van der Waals surface area contributed by atoms with Crippen LogP contribution in [0.15, 0.2) is 35.6 Å². The number of aromatic nitrogens is 3. The molecule has 0 saturated heterocycles. The Kier molecular flexibility index (Phi) is 11.8. The lowest BCUT2D eigenvalue weighted by Gasteiger charge is -2.22. The van der Waals surface area contributed by atoms with Gasteiger partial charge in [-0.3, -0.25) is 4.90 Å². The molecule has 0 atom stereocenters. The van der Waals surface area contributed by atoms with Crippen molar-refractivity contribution in [3.8, 4) is 0 Å². The van der Waals surface area contributed by atoms with E-state index in [0.29, 0.717) is 12.6 Å². The molecule has 0 radical (unpaired) electrons. The number of guanidine groups is 1. The Morgan fingerprint density at radius 1 is 1.17 bits per heavy atom. The molecule has 2 rings (SSSR count). The van der Waals surface area contributed by atoms with Crippen LogP contribution in [-0.4, -0.2) is 51.8 Å². The van der Waals surface area contributed by atoms with E-state index in [1.54, 1.807) is 6.33 Å². The number of nitrogens with one attached hydrogen (secondary N) is 2. The maximum absolute atomic E-state index is 4.79. The van der Waals surface area contributed by atoms with Crippen molar-refractivity contribution < 1.29 is 0 Å². The van der Waals surface area contributed by atoms with Crippen molar-refractivity contribution in [2.24, 2.45) is 4.99 Å². The highest BCUT2D eigenvalue weighted by molar-refractivity contribution is 14.0. The molecule has 1 aromatic heterocycles. The van der Waals surface area contributed by atoms with Gasteiger partial charge in [-0.1, -0.05) is 31.2 Å². The van der Waals surface area contributed by atoms with Crippen LogP contribution in [-0.2, 0) is 26.1 Å². The molecule has 1 heterocycles. The fourth-order valence-electron chi connectivity index (χ4n) is 2.86. The van der Waals surface area contributed by atoms with Gasteiger partial charge in [-0.25, -0.2) is 4.99 Å². The molecule has 0 aliphatic rings. The third-order valence-electron chi connectivity index (χ3n) is 4.83. The molecule has 7 nitrogen and oxygen atoms in total.